The predicted octanol–water partition coefficient (Wildman–Crippen LogP) is 2.36. The quantitative estimate of drug-likeness (QED) is 0.890. The summed E-state index contributed by atoms with van der Waals surface area (Å²) < 4.78 is 12.9. The van der Waals surface area contributed by atoms with Gasteiger partial charge in [-0.05, 0) is 45.0 Å². The van der Waals surface area contributed by atoms with E-state index in [0.717, 1.165) is 25.2 Å². The molecule has 1 N–H and O–H groups in total. The first-order valence-corrected chi connectivity index (χ1v) is 6.76. The number of pyridine rings is 1. The van der Waals surface area contributed by atoms with Crippen molar-refractivity contribution >= 4 is 0 Å². The Labute approximate surface area is 108 Å². The van der Waals surface area contributed by atoms with E-state index in [1.807, 2.05) is 0 Å². The topological polar surface area (TPSA) is 28.2 Å². The van der Waals surface area contributed by atoms with Crippen LogP contribution in [0.1, 0.15) is 37.9 Å². The molecule has 2 unspecified atom stereocenters. The van der Waals surface area contributed by atoms with Crippen molar-refractivity contribution in [2.45, 2.75) is 38.3 Å². The molecule has 1 aliphatic rings. The predicted molar refractivity (Wildman–Crippen MR) is 70.9 cm³/mol. The highest BCUT2D eigenvalue weighted by Crippen LogP contribution is 2.25. The molecule has 2 heterocycles. The second kappa shape index (κ2) is 6.25. The lowest BCUT2D eigenvalue weighted by Crippen LogP contribution is -2.45. The molecule has 0 bridgehead atoms. The zero-order chi connectivity index (χ0) is 13.0. The largest absolute Gasteiger partial charge is 0.315 e. The molecule has 1 saturated heterocycles. The van der Waals surface area contributed by atoms with Gasteiger partial charge < -0.3 is 5.32 Å². The van der Waals surface area contributed by atoms with E-state index < -0.39 is 0 Å². The number of nitrogens with zero attached hydrogens (tertiary/aromatic N) is 2. The summed E-state index contributed by atoms with van der Waals surface area (Å²) in [6.45, 7) is 4.31. The lowest BCUT2D eigenvalue weighted by atomic mass is 10.0. The van der Waals surface area contributed by atoms with Gasteiger partial charge in [0, 0.05) is 12.6 Å². The van der Waals surface area contributed by atoms with Crippen LogP contribution in [0.15, 0.2) is 18.3 Å². The lowest BCUT2D eigenvalue weighted by Gasteiger charge is -2.36. The number of halogens is 1. The molecule has 1 aromatic rings. The molecule has 0 radical (unpaired) electrons. The summed E-state index contributed by atoms with van der Waals surface area (Å²) >= 11 is 0. The van der Waals surface area contributed by atoms with E-state index in [1.54, 1.807) is 6.07 Å². The standard InChI is InChI=1S/C14H22FN3/c1-3-14(13-7-6-11(15)9-17-13)18(2)12-5-4-8-16-10-12/h6-7,9,12,14,16H,3-5,8,10H2,1-2H3. The van der Waals surface area contributed by atoms with E-state index in [0.29, 0.717) is 6.04 Å². The molecule has 1 fully saturated rings. The van der Waals surface area contributed by atoms with Crippen LogP contribution in [0.25, 0.3) is 0 Å². The third-order valence-electron chi connectivity index (χ3n) is 3.82. The van der Waals surface area contributed by atoms with Crippen molar-refractivity contribution in [2.24, 2.45) is 0 Å². The second-order valence-corrected chi connectivity index (χ2v) is 4.99. The fourth-order valence-electron chi connectivity index (χ4n) is 2.73. The van der Waals surface area contributed by atoms with Gasteiger partial charge in [-0.1, -0.05) is 6.92 Å². The molecule has 1 aromatic heterocycles. The van der Waals surface area contributed by atoms with Crippen LogP contribution >= 0.6 is 0 Å². The van der Waals surface area contributed by atoms with Crippen molar-refractivity contribution in [1.82, 2.24) is 15.2 Å². The minimum absolute atomic E-state index is 0.268. The Balaban J connectivity index is 2.09. The molecule has 2 atom stereocenters. The van der Waals surface area contributed by atoms with Crippen molar-refractivity contribution < 1.29 is 4.39 Å². The monoisotopic (exact) mass is 251 g/mol. The van der Waals surface area contributed by atoms with Crippen LogP contribution in [0, 0.1) is 5.82 Å². The van der Waals surface area contributed by atoms with Gasteiger partial charge in [-0.2, -0.15) is 0 Å². The highest BCUT2D eigenvalue weighted by molar-refractivity contribution is 5.10. The Morgan fingerprint density at radius 2 is 2.39 bits per heavy atom. The summed E-state index contributed by atoms with van der Waals surface area (Å²) in [5.74, 6) is -0.268. The van der Waals surface area contributed by atoms with E-state index in [2.05, 4.69) is 29.2 Å². The third kappa shape index (κ3) is 3.06. The molecule has 0 spiro atoms. The molecular weight excluding hydrogens is 229 g/mol. The summed E-state index contributed by atoms with van der Waals surface area (Å²) in [5.41, 5.74) is 0.965. The van der Waals surface area contributed by atoms with Gasteiger partial charge in [-0.25, -0.2) is 4.39 Å². The number of rotatable bonds is 4. The summed E-state index contributed by atoms with van der Waals surface area (Å²) in [6.07, 6.45) is 4.75. The van der Waals surface area contributed by atoms with Crippen molar-refractivity contribution in [2.75, 3.05) is 20.1 Å². The smallest absolute Gasteiger partial charge is 0.141 e. The van der Waals surface area contributed by atoms with Crippen LogP contribution in [-0.4, -0.2) is 36.1 Å². The fraction of sp³-hybridized carbons (Fsp3) is 0.643. The molecule has 1 aliphatic heterocycles. The summed E-state index contributed by atoms with van der Waals surface area (Å²) in [4.78, 5) is 6.61. The van der Waals surface area contributed by atoms with E-state index in [4.69, 9.17) is 0 Å². The van der Waals surface area contributed by atoms with Gasteiger partial charge in [0.2, 0.25) is 0 Å². The Morgan fingerprint density at radius 1 is 1.56 bits per heavy atom. The highest BCUT2D eigenvalue weighted by atomic mass is 19.1. The van der Waals surface area contributed by atoms with Crippen molar-refractivity contribution in [3.05, 3.63) is 29.8 Å². The maximum Gasteiger partial charge on any atom is 0.141 e. The first kappa shape index (κ1) is 13.4. The first-order valence-electron chi connectivity index (χ1n) is 6.76. The first-order chi connectivity index (χ1) is 8.72. The molecule has 0 aliphatic carbocycles. The average Bonchev–Trinajstić information content (AvgIpc) is 2.42. The molecule has 0 aromatic carbocycles. The zero-order valence-corrected chi connectivity index (χ0v) is 11.2. The molecule has 0 saturated carbocycles. The van der Waals surface area contributed by atoms with Crippen LogP contribution in [0.3, 0.4) is 0 Å². The molecule has 0 amide bonds. The molecule has 2 rings (SSSR count). The fourth-order valence-corrected chi connectivity index (χ4v) is 2.73. The Morgan fingerprint density at radius 3 is 2.94 bits per heavy atom. The number of nitrogens with one attached hydrogen (secondary N) is 1. The summed E-state index contributed by atoms with van der Waals surface area (Å²) in [5, 5.41) is 3.43. The lowest BCUT2D eigenvalue weighted by molar-refractivity contribution is 0.140. The molecule has 3 nitrogen and oxygen atoms in total. The molecule has 100 valence electrons. The maximum absolute atomic E-state index is 12.9. The Kier molecular flexibility index (Phi) is 4.66. The van der Waals surface area contributed by atoms with Crippen LogP contribution in [0.4, 0.5) is 4.39 Å². The normalized spacial score (nSPS) is 22.1. The third-order valence-corrected chi connectivity index (χ3v) is 3.82. The van der Waals surface area contributed by atoms with Gasteiger partial charge >= 0.3 is 0 Å². The molecule has 4 heteroatoms. The summed E-state index contributed by atoms with van der Waals surface area (Å²) in [7, 11) is 2.15. The van der Waals surface area contributed by atoms with Gasteiger partial charge in [0.1, 0.15) is 5.82 Å². The number of aromatic nitrogens is 1. The van der Waals surface area contributed by atoms with E-state index in [-0.39, 0.29) is 11.9 Å². The number of hydrogen-bond donors (Lipinski definition) is 1. The number of piperidine rings is 1. The molecule has 18 heavy (non-hydrogen) atoms. The Bertz CT molecular complexity index is 360. The average molecular weight is 251 g/mol. The van der Waals surface area contributed by atoms with Crippen LogP contribution in [0.5, 0.6) is 0 Å². The van der Waals surface area contributed by atoms with E-state index in [9.17, 15) is 4.39 Å². The van der Waals surface area contributed by atoms with Gasteiger partial charge in [0.25, 0.3) is 0 Å². The minimum atomic E-state index is -0.268. The summed E-state index contributed by atoms with van der Waals surface area (Å²) in [6, 6.07) is 4.12. The number of hydrogen-bond acceptors (Lipinski definition) is 3. The SMILES string of the molecule is CCC(c1ccc(F)cn1)N(C)C1CCCNC1. The van der Waals surface area contributed by atoms with Crippen LogP contribution in [-0.2, 0) is 0 Å². The maximum atomic E-state index is 12.9. The highest BCUT2D eigenvalue weighted by Gasteiger charge is 2.25. The van der Waals surface area contributed by atoms with Gasteiger partial charge in [-0.3, -0.25) is 9.88 Å². The zero-order valence-electron chi connectivity index (χ0n) is 11.2. The van der Waals surface area contributed by atoms with Crippen molar-refractivity contribution in [3.63, 3.8) is 0 Å². The van der Waals surface area contributed by atoms with E-state index in [1.165, 1.54) is 25.1 Å². The van der Waals surface area contributed by atoms with Gasteiger partial charge in [0.05, 0.1) is 17.9 Å². The van der Waals surface area contributed by atoms with Crippen LogP contribution < -0.4 is 5.32 Å². The molecular formula is C14H22FN3. The number of likely N-dealkylation sites (N-methyl/N-ethyl adjacent to an activating group) is 1. The van der Waals surface area contributed by atoms with Crippen LogP contribution in [0.2, 0.25) is 0 Å². The minimum Gasteiger partial charge on any atom is -0.315 e. The second-order valence-electron chi connectivity index (χ2n) is 4.99. The Hall–Kier alpha value is -1.00. The van der Waals surface area contributed by atoms with Crippen molar-refractivity contribution in [3.8, 4) is 0 Å². The van der Waals surface area contributed by atoms with Gasteiger partial charge in [0.15, 0.2) is 0 Å². The van der Waals surface area contributed by atoms with Crippen molar-refractivity contribution in [1.29, 1.82) is 0 Å². The van der Waals surface area contributed by atoms with E-state index >= 15 is 0 Å². The van der Waals surface area contributed by atoms with Gasteiger partial charge in [-0.15, -0.1) is 0 Å².